The van der Waals surface area contributed by atoms with Crippen molar-refractivity contribution in [3.05, 3.63) is 58.6 Å². The number of amides is 2. The quantitative estimate of drug-likeness (QED) is 0.503. The summed E-state index contributed by atoms with van der Waals surface area (Å²) in [5.41, 5.74) is 12.9. The first-order chi connectivity index (χ1) is 15.8. The van der Waals surface area contributed by atoms with E-state index in [2.05, 4.69) is 10.2 Å². The summed E-state index contributed by atoms with van der Waals surface area (Å²) in [4.78, 5) is 26.4. The lowest BCUT2D eigenvalue weighted by atomic mass is 9.92. The summed E-state index contributed by atoms with van der Waals surface area (Å²) in [6.45, 7) is 4.02. The van der Waals surface area contributed by atoms with Crippen molar-refractivity contribution in [2.75, 3.05) is 32.5 Å². The van der Waals surface area contributed by atoms with Gasteiger partial charge in [0.05, 0.1) is 29.4 Å². The zero-order valence-electron chi connectivity index (χ0n) is 18.9. The Hall–Kier alpha value is -2.97. The molecule has 5 N–H and O–H groups in total. The molecule has 0 saturated carbocycles. The molecule has 9 heteroatoms. The van der Waals surface area contributed by atoms with Crippen molar-refractivity contribution in [1.82, 2.24) is 10.2 Å². The van der Waals surface area contributed by atoms with Gasteiger partial charge in [0, 0.05) is 12.6 Å². The minimum atomic E-state index is -0.778. The Bertz CT molecular complexity index is 964. The topological polar surface area (TPSA) is 120 Å². The molecule has 33 heavy (non-hydrogen) atoms. The molecule has 1 fully saturated rings. The number of nitrogens with zero attached hydrogens (tertiary/aromatic N) is 1. The van der Waals surface area contributed by atoms with Crippen LogP contribution in [0.2, 0.25) is 5.02 Å². The number of piperidine rings is 1. The van der Waals surface area contributed by atoms with Crippen LogP contribution in [0, 0.1) is 5.92 Å². The third-order valence-electron chi connectivity index (χ3n) is 6.05. The number of hydrogen-bond acceptors (Lipinski definition) is 6. The predicted molar refractivity (Wildman–Crippen MR) is 128 cm³/mol. The Labute approximate surface area is 199 Å². The van der Waals surface area contributed by atoms with E-state index in [0.29, 0.717) is 34.5 Å². The molecule has 2 atom stereocenters. The zero-order chi connectivity index (χ0) is 24.0. The predicted octanol–water partition coefficient (Wildman–Crippen LogP) is 3.60. The number of carbonyl (C=O) groups is 2. The molecule has 2 aromatic carbocycles. The van der Waals surface area contributed by atoms with Crippen LogP contribution in [0.1, 0.15) is 41.7 Å². The van der Waals surface area contributed by atoms with Gasteiger partial charge in [0.2, 0.25) is 0 Å². The molecule has 3 rings (SSSR count). The minimum absolute atomic E-state index is 0.0876. The highest BCUT2D eigenvalue weighted by Crippen LogP contribution is 2.31. The van der Waals surface area contributed by atoms with Gasteiger partial charge in [-0.05, 0) is 50.4 Å². The van der Waals surface area contributed by atoms with Gasteiger partial charge in [0.25, 0.3) is 5.91 Å². The first-order valence-electron chi connectivity index (χ1n) is 11.0. The summed E-state index contributed by atoms with van der Waals surface area (Å²) in [6, 6.07) is 13.0. The molecule has 1 aliphatic rings. The van der Waals surface area contributed by atoms with E-state index in [0.717, 1.165) is 31.5 Å². The fraction of sp³-hybridized carbons (Fsp3) is 0.417. The summed E-state index contributed by atoms with van der Waals surface area (Å²) in [7, 11) is 1.49. The van der Waals surface area contributed by atoms with Crippen LogP contribution in [0.15, 0.2) is 42.5 Å². The van der Waals surface area contributed by atoms with E-state index in [4.69, 9.17) is 32.5 Å². The Morgan fingerprint density at radius 3 is 2.48 bits per heavy atom. The average Bonchev–Trinajstić information content (AvgIpc) is 2.80. The van der Waals surface area contributed by atoms with Crippen molar-refractivity contribution in [2.24, 2.45) is 11.7 Å². The van der Waals surface area contributed by atoms with E-state index < -0.39 is 6.09 Å². The number of anilines is 1. The Morgan fingerprint density at radius 2 is 1.88 bits per heavy atom. The number of nitrogens with two attached hydrogens (primary N) is 2. The van der Waals surface area contributed by atoms with E-state index in [-0.39, 0.29) is 18.1 Å². The third-order valence-corrected chi connectivity index (χ3v) is 6.37. The Balaban J connectivity index is 1.60. The molecule has 2 amide bonds. The van der Waals surface area contributed by atoms with Gasteiger partial charge in [-0.15, -0.1) is 0 Å². The second-order valence-corrected chi connectivity index (χ2v) is 8.67. The molecule has 1 aliphatic heterocycles. The molecule has 0 aromatic heterocycles. The number of carbonyl (C=O) groups excluding carboxylic acids is 2. The highest BCUT2D eigenvalue weighted by molar-refractivity contribution is 6.33. The van der Waals surface area contributed by atoms with Gasteiger partial charge in [-0.1, -0.05) is 41.9 Å². The lowest BCUT2D eigenvalue weighted by Gasteiger charge is -2.40. The maximum atomic E-state index is 12.7. The number of hydrogen-bond donors (Lipinski definition) is 3. The van der Waals surface area contributed by atoms with Crippen LogP contribution in [0.5, 0.6) is 5.75 Å². The van der Waals surface area contributed by atoms with Crippen LogP contribution in [0.3, 0.4) is 0 Å². The number of rotatable bonds is 8. The van der Waals surface area contributed by atoms with Crippen LogP contribution < -0.4 is 21.5 Å². The van der Waals surface area contributed by atoms with E-state index in [1.165, 1.54) is 13.2 Å². The van der Waals surface area contributed by atoms with Crippen LogP contribution in [-0.2, 0) is 4.74 Å². The number of nitrogens with one attached hydrogen (secondary N) is 1. The van der Waals surface area contributed by atoms with E-state index >= 15 is 0 Å². The number of primary amides is 1. The highest BCUT2D eigenvalue weighted by Gasteiger charge is 2.31. The van der Waals surface area contributed by atoms with Crippen molar-refractivity contribution in [1.29, 1.82) is 0 Å². The molecule has 0 radical (unpaired) electrons. The maximum absolute atomic E-state index is 12.7. The van der Waals surface area contributed by atoms with Crippen LogP contribution in [0.4, 0.5) is 10.5 Å². The molecule has 8 nitrogen and oxygen atoms in total. The molecular weight excluding hydrogens is 444 g/mol. The second-order valence-electron chi connectivity index (χ2n) is 8.26. The van der Waals surface area contributed by atoms with Gasteiger partial charge in [0.1, 0.15) is 11.9 Å². The maximum Gasteiger partial charge on any atom is 0.404 e. The lowest BCUT2D eigenvalue weighted by molar-refractivity contribution is 0.0243. The molecule has 0 bridgehead atoms. The number of ether oxygens (including phenoxy) is 2. The molecule has 178 valence electrons. The molecular formula is C24H31ClN4O4. The number of likely N-dealkylation sites (tertiary alicyclic amines) is 1. The second kappa shape index (κ2) is 11.2. The fourth-order valence-electron chi connectivity index (χ4n) is 4.36. The Morgan fingerprint density at radius 1 is 1.21 bits per heavy atom. The first kappa shape index (κ1) is 24.7. The van der Waals surface area contributed by atoms with Crippen molar-refractivity contribution < 1.29 is 19.1 Å². The van der Waals surface area contributed by atoms with Gasteiger partial charge in [-0.25, -0.2) is 4.79 Å². The standard InChI is InChI=1S/C24H31ClN4O4/c1-15(33-24(27)31)22(17-6-4-3-5-7-17)29-10-8-16(9-11-29)14-28-23(30)18-12-19(25)20(26)13-21(18)32-2/h3-7,12-13,15-16,22H,8-11,14,26H2,1-2H3,(H2,27,31)(H,28,30). The first-order valence-corrected chi connectivity index (χ1v) is 11.3. The van der Waals surface area contributed by atoms with Crippen molar-refractivity contribution >= 4 is 29.3 Å². The number of nitrogen functional groups attached to an aromatic ring is 1. The van der Waals surface area contributed by atoms with Gasteiger partial charge >= 0.3 is 6.09 Å². The smallest absolute Gasteiger partial charge is 0.404 e. The molecule has 1 saturated heterocycles. The summed E-state index contributed by atoms with van der Waals surface area (Å²) in [6.07, 6.45) is 0.627. The monoisotopic (exact) mass is 474 g/mol. The van der Waals surface area contributed by atoms with Gasteiger partial charge in [-0.3, -0.25) is 9.69 Å². The van der Waals surface area contributed by atoms with Crippen LogP contribution in [-0.4, -0.2) is 49.7 Å². The third kappa shape index (κ3) is 6.30. The Kier molecular flexibility index (Phi) is 8.41. The molecule has 2 aromatic rings. The lowest BCUT2D eigenvalue weighted by Crippen LogP contribution is -2.44. The van der Waals surface area contributed by atoms with Crippen molar-refractivity contribution in [3.8, 4) is 5.75 Å². The summed E-state index contributed by atoms with van der Waals surface area (Å²) < 4.78 is 10.6. The van der Waals surface area contributed by atoms with E-state index in [1.54, 1.807) is 6.07 Å². The molecule has 0 spiro atoms. The zero-order valence-corrected chi connectivity index (χ0v) is 19.7. The van der Waals surface area contributed by atoms with E-state index in [9.17, 15) is 9.59 Å². The van der Waals surface area contributed by atoms with Gasteiger partial charge < -0.3 is 26.3 Å². The van der Waals surface area contributed by atoms with E-state index in [1.807, 2.05) is 37.3 Å². The highest BCUT2D eigenvalue weighted by atomic mass is 35.5. The SMILES string of the molecule is COc1cc(N)c(Cl)cc1C(=O)NCC1CCN(C(c2ccccc2)C(C)OC(N)=O)CC1. The molecule has 1 heterocycles. The summed E-state index contributed by atoms with van der Waals surface area (Å²) >= 11 is 6.08. The minimum Gasteiger partial charge on any atom is -0.496 e. The number of methoxy groups -OCH3 is 1. The molecule has 2 unspecified atom stereocenters. The van der Waals surface area contributed by atoms with Crippen molar-refractivity contribution in [3.63, 3.8) is 0 Å². The fourth-order valence-corrected chi connectivity index (χ4v) is 4.52. The normalized spacial score (nSPS) is 16.6. The summed E-state index contributed by atoms with van der Waals surface area (Å²) in [5, 5.41) is 3.31. The average molecular weight is 475 g/mol. The van der Waals surface area contributed by atoms with Crippen LogP contribution in [0.25, 0.3) is 0 Å². The largest absolute Gasteiger partial charge is 0.496 e. The summed E-state index contributed by atoms with van der Waals surface area (Å²) in [5.74, 6) is 0.462. The molecule has 0 aliphatic carbocycles. The number of benzene rings is 2. The number of halogens is 1. The van der Waals surface area contributed by atoms with Crippen LogP contribution >= 0.6 is 11.6 Å². The van der Waals surface area contributed by atoms with Gasteiger partial charge in [-0.2, -0.15) is 0 Å². The van der Waals surface area contributed by atoms with Gasteiger partial charge in [0.15, 0.2) is 0 Å². The van der Waals surface area contributed by atoms with Crippen molar-refractivity contribution in [2.45, 2.75) is 31.9 Å².